The molecule has 104 valence electrons. The van der Waals surface area contributed by atoms with Gasteiger partial charge >= 0.3 is 5.97 Å². The van der Waals surface area contributed by atoms with Crippen LogP contribution in [-0.2, 0) is 0 Å². The molecule has 0 bridgehead atoms. The van der Waals surface area contributed by atoms with Gasteiger partial charge in [-0.15, -0.1) is 0 Å². The number of carbonyl (C=O) groups is 2. The quantitative estimate of drug-likeness (QED) is 0.722. The van der Waals surface area contributed by atoms with Crippen LogP contribution in [0.5, 0.6) is 0 Å². The molecule has 3 N–H and O–H groups in total. The van der Waals surface area contributed by atoms with Gasteiger partial charge in [0.15, 0.2) is 11.4 Å². The van der Waals surface area contributed by atoms with Crippen molar-refractivity contribution < 1.29 is 19.8 Å². The summed E-state index contributed by atoms with van der Waals surface area (Å²) in [6, 6.07) is 0. The molecule has 19 heavy (non-hydrogen) atoms. The van der Waals surface area contributed by atoms with Crippen molar-refractivity contribution >= 4 is 11.9 Å². The summed E-state index contributed by atoms with van der Waals surface area (Å²) >= 11 is 0. The molecule has 1 amide bonds. The van der Waals surface area contributed by atoms with E-state index in [0.29, 0.717) is 32.4 Å². The fraction of sp³-hybridized carbons (Fsp3) is 0.583. The van der Waals surface area contributed by atoms with Gasteiger partial charge in [-0.05, 0) is 26.2 Å². The predicted molar refractivity (Wildman–Crippen MR) is 65.9 cm³/mol. The Labute approximate surface area is 110 Å². The van der Waals surface area contributed by atoms with Crippen molar-refractivity contribution in [3.8, 4) is 0 Å². The van der Waals surface area contributed by atoms with E-state index in [9.17, 15) is 14.7 Å². The fourth-order valence-electron chi connectivity index (χ4n) is 2.24. The highest BCUT2D eigenvalue weighted by atomic mass is 16.4. The molecule has 1 aromatic heterocycles. The zero-order valence-electron chi connectivity index (χ0n) is 10.7. The van der Waals surface area contributed by atoms with E-state index in [0.717, 1.165) is 0 Å². The Kier molecular flexibility index (Phi) is 3.57. The number of hydrogen-bond acceptors (Lipinski definition) is 4. The lowest BCUT2D eigenvalue weighted by atomic mass is 9.98. The van der Waals surface area contributed by atoms with E-state index in [1.54, 1.807) is 11.8 Å². The minimum absolute atomic E-state index is 0.0750. The lowest BCUT2D eigenvalue weighted by molar-refractivity contribution is 0.0435. The standard InChI is InChI=1S/C12H17N3O4/c1-12(19)3-2-5-15(6-4-12)10(16)8-9(11(17)18)14-7-13-8/h7,19H,2-6H2,1H3,(H,13,14)(H,17,18). The molecule has 1 unspecified atom stereocenters. The SMILES string of the molecule is CC1(O)CCCN(C(=O)c2nc[nH]c2C(=O)O)CC1. The number of nitrogens with zero attached hydrogens (tertiary/aromatic N) is 2. The van der Waals surface area contributed by atoms with E-state index in [1.807, 2.05) is 0 Å². The van der Waals surface area contributed by atoms with E-state index >= 15 is 0 Å². The van der Waals surface area contributed by atoms with Gasteiger partial charge in [-0.2, -0.15) is 0 Å². The number of aromatic nitrogens is 2. The maximum atomic E-state index is 12.2. The average molecular weight is 267 g/mol. The number of amides is 1. The third-order valence-corrected chi connectivity index (χ3v) is 3.41. The van der Waals surface area contributed by atoms with Crippen molar-refractivity contribution in [3.05, 3.63) is 17.7 Å². The van der Waals surface area contributed by atoms with Crippen molar-refractivity contribution in [3.63, 3.8) is 0 Å². The molecule has 7 heteroatoms. The number of imidazole rings is 1. The smallest absolute Gasteiger partial charge is 0.354 e. The van der Waals surface area contributed by atoms with Crippen molar-refractivity contribution in [1.29, 1.82) is 0 Å². The third-order valence-electron chi connectivity index (χ3n) is 3.41. The van der Waals surface area contributed by atoms with Crippen LogP contribution in [-0.4, -0.2) is 55.6 Å². The number of aromatic amines is 1. The van der Waals surface area contributed by atoms with Crippen LogP contribution in [0.2, 0.25) is 0 Å². The number of carbonyl (C=O) groups excluding carboxylic acids is 1. The third kappa shape index (κ3) is 2.93. The second-order valence-electron chi connectivity index (χ2n) is 5.07. The first-order valence-electron chi connectivity index (χ1n) is 6.19. The van der Waals surface area contributed by atoms with E-state index in [4.69, 9.17) is 5.11 Å². The molecule has 2 heterocycles. The number of carboxylic acid groups (broad SMARTS) is 1. The first-order valence-corrected chi connectivity index (χ1v) is 6.19. The van der Waals surface area contributed by atoms with Gasteiger partial charge in [-0.25, -0.2) is 9.78 Å². The number of aliphatic hydroxyl groups is 1. The number of nitrogens with one attached hydrogen (secondary N) is 1. The normalized spacial score (nSPS) is 24.0. The highest BCUT2D eigenvalue weighted by Crippen LogP contribution is 2.22. The van der Waals surface area contributed by atoms with Crippen LogP contribution in [0.1, 0.15) is 47.2 Å². The molecule has 0 radical (unpaired) electrons. The summed E-state index contributed by atoms with van der Waals surface area (Å²) in [5, 5.41) is 18.9. The van der Waals surface area contributed by atoms with Gasteiger partial charge < -0.3 is 20.1 Å². The number of aromatic carboxylic acids is 1. The zero-order chi connectivity index (χ0) is 14.0. The van der Waals surface area contributed by atoms with Crippen LogP contribution in [0.25, 0.3) is 0 Å². The summed E-state index contributed by atoms with van der Waals surface area (Å²) in [5.41, 5.74) is -1.04. The Hall–Kier alpha value is -1.89. The van der Waals surface area contributed by atoms with Gasteiger partial charge in [-0.3, -0.25) is 4.79 Å². The Bertz CT molecular complexity index is 495. The van der Waals surface area contributed by atoms with Crippen LogP contribution in [0.4, 0.5) is 0 Å². The Morgan fingerprint density at radius 3 is 2.84 bits per heavy atom. The van der Waals surface area contributed by atoms with Crippen molar-refractivity contribution in [1.82, 2.24) is 14.9 Å². The number of rotatable bonds is 2. The molecule has 2 rings (SSSR count). The molecule has 1 fully saturated rings. The van der Waals surface area contributed by atoms with Crippen LogP contribution in [0, 0.1) is 0 Å². The number of hydrogen-bond donors (Lipinski definition) is 3. The molecule has 1 saturated heterocycles. The Balaban J connectivity index is 2.15. The molecule has 1 aromatic rings. The van der Waals surface area contributed by atoms with E-state index in [1.165, 1.54) is 6.33 Å². The minimum Gasteiger partial charge on any atom is -0.477 e. The number of likely N-dealkylation sites (tertiary alicyclic amines) is 1. The lowest BCUT2D eigenvalue weighted by Crippen LogP contribution is -2.34. The highest BCUT2D eigenvalue weighted by Gasteiger charge is 2.30. The average Bonchev–Trinajstić information content (AvgIpc) is 2.74. The molecule has 1 aliphatic rings. The molecule has 7 nitrogen and oxygen atoms in total. The van der Waals surface area contributed by atoms with Gasteiger partial charge in [0.05, 0.1) is 11.9 Å². The van der Waals surface area contributed by atoms with Gasteiger partial charge in [-0.1, -0.05) is 0 Å². The first-order chi connectivity index (χ1) is 8.91. The molecular weight excluding hydrogens is 250 g/mol. The maximum Gasteiger partial charge on any atom is 0.354 e. The fourth-order valence-corrected chi connectivity index (χ4v) is 2.24. The monoisotopic (exact) mass is 267 g/mol. The van der Waals surface area contributed by atoms with Crippen LogP contribution in [0.3, 0.4) is 0 Å². The second kappa shape index (κ2) is 5.00. The second-order valence-corrected chi connectivity index (χ2v) is 5.07. The minimum atomic E-state index is -1.21. The molecule has 0 aliphatic carbocycles. The zero-order valence-corrected chi connectivity index (χ0v) is 10.7. The van der Waals surface area contributed by atoms with Gasteiger partial charge in [0.1, 0.15) is 0 Å². The van der Waals surface area contributed by atoms with E-state index in [2.05, 4.69) is 9.97 Å². The van der Waals surface area contributed by atoms with E-state index in [-0.39, 0.29) is 11.4 Å². The summed E-state index contributed by atoms with van der Waals surface area (Å²) in [6.45, 7) is 2.65. The molecule has 1 aliphatic heterocycles. The summed E-state index contributed by atoms with van der Waals surface area (Å²) in [6.07, 6.45) is 2.99. The van der Waals surface area contributed by atoms with Gasteiger partial charge in [0, 0.05) is 13.1 Å². The van der Waals surface area contributed by atoms with Crippen LogP contribution >= 0.6 is 0 Å². The first kappa shape index (κ1) is 13.5. The summed E-state index contributed by atoms with van der Waals surface area (Å²) < 4.78 is 0. The van der Waals surface area contributed by atoms with Crippen LogP contribution < -0.4 is 0 Å². The van der Waals surface area contributed by atoms with Crippen LogP contribution in [0.15, 0.2) is 6.33 Å². The molecule has 0 aromatic carbocycles. The largest absolute Gasteiger partial charge is 0.477 e. The predicted octanol–water partition coefficient (Wildman–Crippen LogP) is 0.485. The summed E-state index contributed by atoms with van der Waals surface area (Å²) in [5.74, 6) is -1.61. The number of H-pyrrole nitrogens is 1. The summed E-state index contributed by atoms with van der Waals surface area (Å²) in [7, 11) is 0. The van der Waals surface area contributed by atoms with Crippen molar-refractivity contribution in [2.45, 2.75) is 31.8 Å². The van der Waals surface area contributed by atoms with Gasteiger partial charge in [0.2, 0.25) is 0 Å². The highest BCUT2D eigenvalue weighted by molar-refractivity contribution is 6.02. The number of carboxylic acids is 1. The molecule has 0 spiro atoms. The topological polar surface area (TPSA) is 107 Å². The summed E-state index contributed by atoms with van der Waals surface area (Å²) in [4.78, 5) is 31.0. The Morgan fingerprint density at radius 1 is 1.42 bits per heavy atom. The van der Waals surface area contributed by atoms with Gasteiger partial charge in [0.25, 0.3) is 5.91 Å². The van der Waals surface area contributed by atoms with E-state index < -0.39 is 17.5 Å². The van der Waals surface area contributed by atoms with Crippen molar-refractivity contribution in [2.75, 3.05) is 13.1 Å². The maximum absolute atomic E-state index is 12.2. The van der Waals surface area contributed by atoms with Crippen molar-refractivity contribution in [2.24, 2.45) is 0 Å². The molecular formula is C12H17N3O4. The Morgan fingerprint density at radius 2 is 2.16 bits per heavy atom. The molecule has 1 atom stereocenters. The lowest BCUT2D eigenvalue weighted by Gasteiger charge is -2.22. The molecule has 0 saturated carbocycles.